The van der Waals surface area contributed by atoms with Gasteiger partial charge in [0.2, 0.25) is 5.91 Å². The molecule has 1 fully saturated rings. The van der Waals surface area contributed by atoms with Crippen molar-refractivity contribution in [1.29, 1.82) is 0 Å². The van der Waals surface area contributed by atoms with Crippen molar-refractivity contribution in [2.45, 2.75) is 25.5 Å². The minimum atomic E-state index is -1.17. The van der Waals surface area contributed by atoms with E-state index in [9.17, 15) is 14.7 Å². The maximum absolute atomic E-state index is 11.7. The quantitative estimate of drug-likeness (QED) is 0.637. The van der Waals surface area contributed by atoms with Gasteiger partial charge in [0.25, 0.3) is 0 Å². The van der Waals surface area contributed by atoms with Crippen LogP contribution in [0.25, 0.3) is 0 Å². The fourth-order valence-corrected chi connectivity index (χ4v) is 2.41. The summed E-state index contributed by atoms with van der Waals surface area (Å²) in [7, 11) is 1.38. The monoisotopic (exact) mass is 227 g/mol. The molecule has 6 nitrogen and oxygen atoms in total. The smallest absolute Gasteiger partial charge is 0.356 e. The van der Waals surface area contributed by atoms with Gasteiger partial charge in [-0.15, -0.1) is 0 Å². The summed E-state index contributed by atoms with van der Waals surface area (Å²) >= 11 is 0. The largest absolute Gasteiger partial charge is 0.499 e. The molecular formula is C10H13NO5. The average molecular weight is 227 g/mol. The molecule has 0 saturated carbocycles. The topological polar surface area (TPSA) is 87.1 Å². The number of aliphatic hydroxyl groups excluding tert-OH is 1. The van der Waals surface area contributed by atoms with Gasteiger partial charge in [-0.3, -0.25) is 9.69 Å². The summed E-state index contributed by atoms with van der Waals surface area (Å²) in [6.07, 6.45) is -0.403. The molecule has 0 aromatic rings. The van der Waals surface area contributed by atoms with E-state index < -0.39 is 18.0 Å². The minimum Gasteiger partial charge on any atom is -0.499 e. The molecule has 88 valence electrons. The van der Waals surface area contributed by atoms with Crippen molar-refractivity contribution in [3.05, 3.63) is 11.5 Å². The van der Waals surface area contributed by atoms with Gasteiger partial charge in [0, 0.05) is 6.42 Å². The van der Waals surface area contributed by atoms with Crippen LogP contribution in [0.3, 0.4) is 0 Å². The summed E-state index contributed by atoms with van der Waals surface area (Å²) < 4.78 is 4.97. The van der Waals surface area contributed by atoms with Crippen molar-refractivity contribution in [3.8, 4) is 0 Å². The average Bonchev–Trinajstić information content (AvgIpc) is 2.51. The first-order chi connectivity index (χ1) is 7.49. The van der Waals surface area contributed by atoms with E-state index in [0.29, 0.717) is 12.2 Å². The second-order valence-corrected chi connectivity index (χ2v) is 4.03. The minimum absolute atomic E-state index is 0.0885. The van der Waals surface area contributed by atoms with E-state index in [4.69, 9.17) is 9.84 Å². The summed E-state index contributed by atoms with van der Waals surface area (Å²) in [5.41, 5.74) is -0.0885. The van der Waals surface area contributed by atoms with Gasteiger partial charge in [-0.2, -0.15) is 0 Å². The fraction of sp³-hybridized carbons (Fsp3) is 0.600. The number of methoxy groups -OCH3 is 1. The molecule has 2 N–H and O–H groups in total. The summed E-state index contributed by atoms with van der Waals surface area (Å²) in [6.45, 7) is 1.53. The predicted molar refractivity (Wildman–Crippen MR) is 52.1 cm³/mol. The Hall–Kier alpha value is -1.56. The van der Waals surface area contributed by atoms with E-state index in [2.05, 4.69) is 0 Å². The molecule has 0 aromatic heterocycles. The number of hydrogen-bond donors (Lipinski definition) is 2. The number of carbonyl (C=O) groups is 2. The number of aliphatic hydroxyl groups is 1. The summed E-state index contributed by atoms with van der Waals surface area (Å²) in [5, 5.41) is 18.4. The zero-order valence-corrected chi connectivity index (χ0v) is 9.01. The van der Waals surface area contributed by atoms with Crippen molar-refractivity contribution in [2.75, 3.05) is 7.11 Å². The lowest BCUT2D eigenvalue weighted by molar-refractivity contribution is -0.161. The highest BCUT2D eigenvalue weighted by Gasteiger charge is 2.57. The standard InChI is InChI=1S/C10H13NO5/c1-4(12)7-5-3-6(16-2)8(10(14)15)11(5)9(7)13/h4-5,7,12H,3H2,1-2H3,(H,14,15)/t4-,5-,7-/m1/s1. The van der Waals surface area contributed by atoms with Crippen molar-refractivity contribution in [3.63, 3.8) is 0 Å². The normalized spacial score (nSPS) is 29.9. The van der Waals surface area contributed by atoms with Crippen molar-refractivity contribution in [2.24, 2.45) is 5.92 Å². The van der Waals surface area contributed by atoms with Gasteiger partial charge in [-0.25, -0.2) is 4.79 Å². The number of ether oxygens (including phenoxy) is 1. The molecule has 0 aliphatic carbocycles. The van der Waals surface area contributed by atoms with Crippen LogP contribution in [0, 0.1) is 5.92 Å². The van der Waals surface area contributed by atoms with Crippen LogP contribution in [0.15, 0.2) is 11.5 Å². The maximum Gasteiger partial charge on any atom is 0.356 e. The maximum atomic E-state index is 11.7. The van der Waals surface area contributed by atoms with Gasteiger partial charge in [0.05, 0.1) is 25.2 Å². The zero-order chi connectivity index (χ0) is 12.0. The SMILES string of the molecule is COC1=C(C(=O)O)N2C(=O)[C@H]([C@@H](C)O)[C@H]2C1. The highest BCUT2D eigenvalue weighted by molar-refractivity contribution is 5.99. The van der Waals surface area contributed by atoms with Crippen LogP contribution in [-0.4, -0.2) is 46.2 Å². The van der Waals surface area contributed by atoms with E-state index in [0.717, 1.165) is 0 Å². The fourth-order valence-electron chi connectivity index (χ4n) is 2.41. The number of hydrogen-bond acceptors (Lipinski definition) is 4. The molecule has 1 amide bonds. The molecule has 16 heavy (non-hydrogen) atoms. The molecule has 0 radical (unpaired) electrons. The molecule has 2 aliphatic rings. The first-order valence-corrected chi connectivity index (χ1v) is 5.00. The van der Waals surface area contributed by atoms with E-state index in [1.165, 1.54) is 18.9 Å². The molecule has 0 bridgehead atoms. The number of fused-ring (bicyclic) bond motifs is 1. The van der Waals surface area contributed by atoms with Gasteiger partial charge in [0.15, 0.2) is 5.70 Å². The molecule has 0 aromatic carbocycles. The Balaban J connectivity index is 2.29. The summed E-state index contributed by atoms with van der Waals surface area (Å²) in [6, 6.07) is -0.270. The first kappa shape index (κ1) is 10.9. The third-order valence-electron chi connectivity index (χ3n) is 3.14. The third kappa shape index (κ3) is 1.23. The number of aliphatic carboxylic acids is 1. The second-order valence-electron chi connectivity index (χ2n) is 4.03. The molecule has 0 unspecified atom stereocenters. The van der Waals surface area contributed by atoms with Crippen molar-refractivity contribution >= 4 is 11.9 Å². The van der Waals surface area contributed by atoms with Gasteiger partial charge in [-0.1, -0.05) is 0 Å². The second kappa shape index (κ2) is 3.48. The van der Waals surface area contributed by atoms with E-state index in [-0.39, 0.29) is 17.6 Å². The number of carboxylic acid groups (broad SMARTS) is 1. The molecule has 2 rings (SSSR count). The third-order valence-corrected chi connectivity index (χ3v) is 3.14. The van der Waals surface area contributed by atoms with Gasteiger partial charge in [0.1, 0.15) is 5.76 Å². The van der Waals surface area contributed by atoms with Crippen LogP contribution in [-0.2, 0) is 14.3 Å². The lowest BCUT2D eigenvalue weighted by atomic mass is 9.83. The number of amides is 1. The Labute approximate surface area is 92.1 Å². The molecule has 2 heterocycles. The van der Waals surface area contributed by atoms with Gasteiger partial charge < -0.3 is 14.9 Å². The molecular weight excluding hydrogens is 214 g/mol. The Morgan fingerprint density at radius 1 is 1.62 bits per heavy atom. The van der Waals surface area contributed by atoms with Crippen LogP contribution < -0.4 is 0 Å². The molecule has 1 saturated heterocycles. The molecule has 3 atom stereocenters. The Morgan fingerprint density at radius 3 is 2.69 bits per heavy atom. The molecule has 6 heteroatoms. The Kier molecular flexibility index (Phi) is 2.38. The number of rotatable bonds is 3. The number of carboxylic acids is 1. The van der Waals surface area contributed by atoms with Crippen LogP contribution in [0.2, 0.25) is 0 Å². The molecule has 2 aliphatic heterocycles. The number of β-lactam (4-membered cyclic amide) rings is 1. The van der Waals surface area contributed by atoms with Gasteiger partial charge in [-0.05, 0) is 6.92 Å². The number of nitrogens with zero attached hydrogens (tertiary/aromatic N) is 1. The zero-order valence-electron chi connectivity index (χ0n) is 9.01. The summed E-state index contributed by atoms with van der Waals surface area (Å²) in [5.74, 6) is -1.72. The van der Waals surface area contributed by atoms with Crippen molar-refractivity contribution in [1.82, 2.24) is 4.90 Å². The highest BCUT2D eigenvalue weighted by atomic mass is 16.5. The summed E-state index contributed by atoms with van der Waals surface area (Å²) in [4.78, 5) is 23.9. The van der Waals surface area contributed by atoms with Gasteiger partial charge >= 0.3 is 5.97 Å². The van der Waals surface area contributed by atoms with Crippen LogP contribution in [0.1, 0.15) is 13.3 Å². The van der Waals surface area contributed by atoms with Crippen LogP contribution in [0.5, 0.6) is 0 Å². The predicted octanol–water partition coefficient (Wildman–Crippen LogP) is -0.460. The van der Waals surface area contributed by atoms with Crippen molar-refractivity contribution < 1.29 is 24.5 Å². The Bertz CT molecular complexity index is 387. The van der Waals surface area contributed by atoms with E-state index >= 15 is 0 Å². The lowest BCUT2D eigenvalue weighted by Gasteiger charge is -2.44. The lowest BCUT2D eigenvalue weighted by Crippen LogP contribution is -2.61. The van der Waals surface area contributed by atoms with E-state index in [1.54, 1.807) is 0 Å². The first-order valence-electron chi connectivity index (χ1n) is 5.00. The van der Waals surface area contributed by atoms with E-state index in [1.807, 2.05) is 0 Å². The highest BCUT2D eigenvalue weighted by Crippen LogP contribution is 2.43. The number of carbonyl (C=O) groups excluding carboxylic acids is 1. The Morgan fingerprint density at radius 2 is 2.25 bits per heavy atom. The van der Waals surface area contributed by atoms with Crippen LogP contribution in [0.4, 0.5) is 0 Å². The molecule has 0 spiro atoms. The van der Waals surface area contributed by atoms with Crippen LogP contribution >= 0.6 is 0 Å².